The van der Waals surface area contributed by atoms with Gasteiger partial charge in [0, 0.05) is 41.8 Å². The van der Waals surface area contributed by atoms with Gasteiger partial charge in [0.1, 0.15) is 5.82 Å². The number of carbonyl (C=O) groups excluding carboxylic acids is 1. The fourth-order valence-electron chi connectivity index (χ4n) is 5.06. The van der Waals surface area contributed by atoms with Gasteiger partial charge in [-0.15, -0.1) is 0 Å². The second-order valence-electron chi connectivity index (χ2n) is 9.06. The van der Waals surface area contributed by atoms with Crippen molar-refractivity contribution in [2.24, 2.45) is 0 Å². The highest BCUT2D eigenvalue weighted by Gasteiger charge is 2.25. The average molecular weight is 468 g/mol. The highest BCUT2D eigenvalue weighted by atomic mass is 19.1. The summed E-state index contributed by atoms with van der Waals surface area (Å²) in [5.74, 6) is -0.204. The van der Waals surface area contributed by atoms with Crippen molar-refractivity contribution in [3.8, 4) is 11.3 Å². The average Bonchev–Trinajstić information content (AvgIpc) is 2.92. The van der Waals surface area contributed by atoms with Gasteiger partial charge in [-0.25, -0.2) is 9.37 Å². The Kier molecular flexibility index (Phi) is 5.66. The number of carbonyl (C=O) groups is 1. The number of benzene rings is 3. The van der Waals surface area contributed by atoms with Crippen molar-refractivity contribution < 1.29 is 13.9 Å². The zero-order chi connectivity index (χ0) is 23.8. The maximum Gasteiger partial charge on any atom is 0.254 e. The van der Waals surface area contributed by atoms with Crippen LogP contribution in [-0.2, 0) is 11.2 Å². The molecule has 0 unspecified atom stereocenters. The molecule has 176 valence electrons. The number of halogens is 1. The van der Waals surface area contributed by atoms with E-state index in [9.17, 15) is 9.18 Å². The number of aryl methyl sites for hydroxylation is 1. The summed E-state index contributed by atoms with van der Waals surface area (Å²) >= 11 is 0. The molecule has 0 saturated carbocycles. The number of morpholine rings is 1. The van der Waals surface area contributed by atoms with E-state index in [0.29, 0.717) is 26.3 Å². The Hall–Kier alpha value is -3.77. The molecule has 0 radical (unpaired) electrons. The van der Waals surface area contributed by atoms with E-state index in [1.165, 1.54) is 12.1 Å². The second-order valence-corrected chi connectivity index (χ2v) is 9.06. The molecule has 1 amide bonds. The minimum absolute atomic E-state index is 0.0626. The maximum absolute atomic E-state index is 13.7. The molecule has 3 heterocycles. The number of ether oxygens (including phenoxy) is 1. The minimum Gasteiger partial charge on any atom is -0.378 e. The molecule has 2 aliphatic heterocycles. The molecular weight excluding hydrogens is 441 g/mol. The zero-order valence-corrected chi connectivity index (χ0v) is 19.4. The summed E-state index contributed by atoms with van der Waals surface area (Å²) in [7, 11) is 0. The van der Waals surface area contributed by atoms with E-state index in [4.69, 9.17) is 9.72 Å². The molecule has 0 aliphatic carbocycles. The normalized spacial score (nSPS) is 15.8. The molecule has 5 nitrogen and oxygen atoms in total. The van der Waals surface area contributed by atoms with Crippen LogP contribution in [-0.4, -0.2) is 48.6 Å². The largest absolute Gasteiger partial charge is 0.378 e. The van der Waals surface area contributed by atoms with Crippen LogP contribution in [0.15, 0.2) is 72.8 Å². The number of nitrogens with zero attached hydrogens (tertiary/aromatic N) is 3. The van der Waals surface area contributed by atoms with Crippen LogP contribution in [0.1, 0.15) is 22.3 Å². The first-order valence-corrected chi connectivity index (χ1v) is 12.1. The minimum atomic E-state index is -0.267. The van der Waals surface area contributed by atoms with Gasteiger partial charge in [-0.1, -0.05) is 18.2 Å². The Morgan fingerprint density at radius 3 is 2.51 bits per heavy atom. The van der Waals surface area contributed by atoms with Crippen molar-refractivity contribution in [1.29, 1.82) is 0 Å². The maximum atomic E-state index is 13.7. The number of hydrogen-bond acceptors (Lipinski definition) is 4. The van der Waals surface area contributed by atoms with E-state index < -0.39 is 0 Å². The van der Waals surface area contributed by atoms with E-state index in [-0.39, 0.29) is 11.7 Å². The second kappa shape index (κ2) is 9.12. The van der Waals surface area contributed by atoms with E-state index in [0.717, 1.165) is 64.0 Å². The number of amides is 1. The van der Waals surface area contributed by atoms with Gasteiger partial charge in [-0.2, -0.15) is 0 Å². The molecule has 0 spiro atoms. The van der Waals surface area contributed by atoms with Crippen LogP contribution in [0.2, 0.25) is 0 Å². The van der Waals surface area contributed by atoms with Crippen molar-refractivity contribution in [3.05, 3.63) is 89.7 Å². The van der Waals surface area contributed by atoms with Crippen LogP contribution in [0.5, 0.6) is 0 Å². The fraction of sp³-hybridized carbons (Fsp3) is 0.241. The standard InChI is InChI=1S/C29H26FN3O2/c30-24-10-7-20(8-11-24)28-27(19-21-4-1-2-6-25(21)31-28)33-13-3-5-22-18-23(9-12-26(22)33)29(34)32-14-16-35-17-15-32/h1-2,4,6-12,18-19H,3,5,13-17H2. The number of anilines is 2. The Bertz CT molecular complexity index is 1400. The lowest BCUT2D eigenvalue weighted by molar-refractivity contribution is 0.0303. The molecule has 6 rings (SSSR count). The lowest BCUT2D eigenvalue weighted by Crippen LogP contribution is -2.40. The third-order valence-corrected chi connectivity index (χ3v) is 6.86. The van der Waals surface area contributed by atoms with Gasteiger partial charge < -0.3 is 14.5 Å². The SMILES string of the molecule is O=C(c1ccc2c(c1)CCCN2c1cc2ccccc2nc1-c1ccc(F)cc1)N1CCOCC1. The van der Waals surface area contributed by atoms with E-state index >= 15 is 0 Å². The predicted molar refractivity (Wildman–Crippen MR) is 136 cm³/mol. The number of pyridine rings is 1. The summed E-state index contributed by atoms with van der Waals surface area (Å²) in [4.78, 5) is 22.2. The fourth-order valence-corrected chi connectivity index (χ4v) is 5.06. The van der Waals surface area contributed by atoms with Crippen molar-refractivity contribution in [2.75, 3.05) is 37.7 Å². The van der Waals surface area contributed by atoms with Crippen LogP contribution in [0.25, 0.3) is 22.2 Å². The Morgan fingerprint density at radius 2 is 1.69 bits per heavy atom. The summed E-state index contributed by atoms with van der Waals surface area (Å²) in [6.45, 7) is 3.28. The van der Waals surface area contributed by atoms with E-state index in [1.807, 2.05) is 35.2 Å². The molecule has 0 N–H and O–H groups in total. The van der Waals surface area contributed by atoms with Gasteiger partial charge in [0.25, 0.3) is 5.91 Å². The number of para-hydroxylation sites is 1. The van der Waals surface area contributed by atoms with Gasteiger partial charge in [0.15, 0.2) is 0 Å². The third-order valence-electron chi connectivity index (χ3n) is 6.86. The smallest absolute Gasteiger partial charge is 0.254 e. The molecular formula is C29H26FN3O2. The molecule has 35 heavy (non-hydrogen) atoms. The molecule has 0 bridgehead atoms. The van der Waals surface area contributed by atoms with Crippen LogP contribution >= 0.6 is 0 Å². The first-order valence-electron chi connectivity index (χ1n) is 12.1. The van der Waals surface area contributed by atoms with Crippen molar-refractivity contribution >= 4 is 28.2 Å². The number of aromatic nitrogens is 1. The highest BCUT2D eigenvalue weighted by Crippen LogP contribution is 2.40. The molecule has 2 aliphatic rings. The topological polar surface area (TPSA) is 45.7 Å². The zero-order valence-electron chi connectivity index (χ0n) is 19.4. The van der Waals surface area contributed by atoms with Crippen molar-refractivity contribution in [1.82, 2.24) is 9.88 Å². The molecule has 6 heteroatoms. The number of fused-ring (bicyclic) bond motifs is 2. The Morgan fingerprint density at radius 1 is 0.886 bits per heavy atom. The first-order chi connectivity index (χ1) is 17.2. The van der Waals surface area contributed by atoms with Gasteiger partial charge in [0.2, 0.25) is 0 Å². The Balaban J connectivity index is 1.43. The van der Waals surface area contributed by atoms with E-state index in [1.54, 1.807) is 12.1 Å². The van der Waals surface area contributed by atoms with Gasteiger partial charge in [0.05, 0.1) is 30.1 Å². The third kappa shape index (κ3) is 4.15. The number of hydrogen-bond donors (Lipinski definition) is 0. The number of rotatable bonds is 3. The molecule has 4 aromatic rings. The van der Waals surface area contributed by atoms with Gasteiger partial charge >= 0.3 is 0 Å². The van der Waals surface area contributed by atoms with E-state index in [2.05, 4.69) is 23.1 Å². The molecule has 1 aromatic heterocycles. The quantitative estimate of drug-likeness (QED) is 0.394. The van der Waals surface area contributed by atoms with Crippen LogP contribution < -0.4 is 4.90 Å². The summed E-state index contributed by atoms with van der Waals surface area (Å²) in [6, 6.07) is 22.8. The molecule has 1 saturated heterocycles. The summed E-state index contributed by atoms with van der Waals surface area (Å²) in [5.41, 5.74) is 6.57. The molecule has 1 fully saturated rings. The van der Waals surface area contributed by atoms with Crippen LogP contribution in [0, 0.1) is 5.82 Å². The lowest BCUT2D eigenvalue weighted by atomic mass is 9.97. The summed E-state index contributed by atoms with van der Waals surface area (Å²) in [6.07, 6.45) is 1.89. The predicted octanol–water partition coefficient (Wildman–Crippen LogP) is 5.60. The van der Waals surface area contributed by atoms with Crippen molar-refractivity contribution in [3.63, 3.8) is 0 Å². The summed E-state index contributed by atoms with van der Waals surface area (Å²) < 4.78 is 19.1. The molecule has 0 atom stereocenters. The van der Waals surface area contributed by atoms with Crippen LogP contribution in [0.3, 0.4) is 0 Å². The van der Waals surface area contributed by atoms with Gasteiger partial charge in [-0.3, -0.25) is 4.79 Å². The van der Waals surface area contributed by atoms with Gasteiger partial charge in [-0.05, 0) is 73.0 Å². The van der Waals surface area contributed by atoms with Crippen molar-refractivity contribution in [2.45, 2.75) is 12.8 Å². The monoisotopic (exact) mass is 467 g/mol. The molecule has 3 aromatic carbocycles. The lowest BCUT2D eigenvalue weighted by Gasteiger charge is -2.33. The van der Waals surface area contributed by atoms with Crippen LogP contribution in [0.4, 0.5) is 15.8 Å². The first kappa shape index (κ1) is 21.7. The summed E-state index contributed by atoms with van der Waals surface area (Å²) in [5, 5.41) is 1.06. The Labute approximate surface area is 203 Å². The highest BCUT2D eigenvalue weighted by molar-refractivity contribution is 5.96.